The fourth-order valence-electron chi connectivity index (χ4n) is 1.38. The van der Waals surface area contributed by atoms with Crippen LogP contribution in [0.3, 0.4) is 0 Å². The maximum Gasteiger partial charge on any atom is 0.407 e. The Labute approximate surface area is 123 Å². The summed E-state index contributed by atoms with van der Waals surface area (Å²) in [6.07, 6.45) is 0.496. The molecule has 1 heterocycles. The average molecular weight is 305 g/mol. The molecule has 0 aromatic carbocycles. The number of carbonyl (C=O) groups is 1. The lowest BCUT2D eigenvalue weighted by Crippen LogP contribution is -2.33. The standard InChI is InChI=1S/C13H21ClN2O2S/c1-13(2,3)18-12(17)16-8-4-7-15-9-10-5-6-11(14)19-10/h5-6,15H,4,7-9H2,1-3H3,(H,16,17). The van der Waals surface area contributed by atoms with Crippen LogP contribution in [0, 0.1) is 0 Å². The van der Waals surface area contributed by atoms with Crippen LogP contribution in [0.5, 0.6) is 0 Å². The largest absolute Gasteiger partial charge is 0.444 e. The van der Waals surface area contributed by atoms with Crippen LogP contribution in [-0.4, -0.2) is 24.8 Å². The molecule has 1 aromatic heterocycles. The molecule has 0 fully saturated rings. The van der Waals surface area contributed by atoms with Gasteiger partial charge in [-0.3, -0.25) is 0 Å². The number of thiophene rings is 1. The minimum atomic E-state index is -0.444. The van der Waals surface area contributed by atoms with E-state index in [9.17, 15) is 4.79 Å². The minimum absolute atomic E-state index is 0.363. The van der Waals surface area contributed by atoms with Gasteiger partial charge >= 0.3 is 6.09 Å². The molecule has 0 bridgehead atoms. The van der Waals surface area contributed by atoms with Crippen molar-refractivity contribution in [1.82, 2.24) is 10.6 Å². The molecule has 2 N–H and O–H groups in total. The second-order valence-corrected chi connectivity index (χ2v) is 6.96. The predicted octanol–water partition coefficient (Wildman–Crippen LogP) is 3.41. The highest BCUT2D eigenvalue weighted by atomic mass is 35.5. The summed E-state index contributed by atoms with van der Waals surface area (Å²) < 4.78 is 5.94. The molecule has 0 atom stereocenters. The van der Waals surface area contributed by atoms with Crippen molar-refractivity contribution in [2.24, 2.45) is 0 Å². The zero-order chi connectivity index (χ0) is 14.3. The molecule has 19 heavy (non-hydrogen) atoms. The molecule has 4 nitrogen and oxygen atoms in total. The Bertz CT molecular complexity index is 402. The fraction of sp³-hybridized carbons (Fsp3) is 0.615. The highest BCUT2D eigenvalue weighted by Crippen LogP contribution is 2.20. The van der Waals surface area contributed by atoms with E-state index >= 15 is 0 Å². The van der Waals surface area contributed by atoms with Crippen LogP contribution in [0.2, 0.25) is 4.34 Å². The number of carbonyl (C=O) groups excluding carboxylic acids is 1. The number of nitrogens with one attached hydrogen (secondary N) is 2. The second kappa shape index (κ2) is 7.72. The number of halogens is 1. The van der Waals surface area contributed by atoms with Gasteiger partial charge < -0.3 is 15.4 Å². The summed E-state index contributed by atoms with van der Waals surface area (Å²) in [4.78, 5) is 12.6. The molecular formula is C13H21ClN2O2S. The van der Waals surface area contributed by atoms with Gasteiger partial charge in [-0.1, -0.05) is 11.6 Å². The van der Waals surface area contributed by atoms with Gasteiger partial charge in [-0.25, -0.2) is 4.79 Å². The third kappa shape index (κ3) is 8.08. The van der Waals surface area contributed by atoms with Gasteiger partial charge in [-0.05, 0) is 45.9 Å². The Balaban J connectivity index is 2.01. The Morgan fingerprint density at radius 3 is 2.68 bits per heavy atom. The molecule has 0 unspecified atom stereocenters. The van der Waals surface area contributed by atoms with E-state index in [0.717, 1.165) is 23.8 Å². The van der Waals surface area contributed by atoms with Gasteiger partial charge in [0.15, 0.2) is 0 Å². The summed E-state index contributed by atoms with van der Waals surface area (Å²) in [7, 11) is 0. The summed E-state index contributed by atoms with van der Waals surface area (Å²) >= 11 is 7.42. The van der Waals surface area contributed by atoms with Crippen LogP contribution in [0.4, 0.5) is 4.79 Å². The summed E-state index contributed by atoms with van der Waals surface area (Å²) in [6.45, 7) is 7.79. The number of ether oxygens (including phenoxy) is 1. The molecule has 0 aliphatic rings. The molecule has 1 rings (SSSR count). The number of amides is 1. The van der Waals surface area contributed by atoms with Gasteiger partial charge in [0.2, 0.25) is 0 Å². The van der Waals surface area contributed by atoms with Crippen molar-refractivity contribution in [3.05, 3.63) is 21.3 Å². The van der Waals surface area contributed by atoms with E-state index in [-0.39, 0.29) is 6.09 Å². The molecule has 0 spiro atoms. The minimum Gasteiger partial charge on any atom is -0.444 e. The van der Waals surface area contributed by atoms with Crippen molar-refractivity contribution < 1.29 is 9.53 Å². The lowest BCUT2D eigenvalue weighted by atomic mass is 10.2. The lowest BCUT2D eigenvalue weighted by molar-refractivity contribution is 0.0527. The van der Waals surface area contributed by atoms with E-state index in [0.29, 0.717) is 6.54 Å². The van der Waals surface area contributed by atoms with Gasteiger partial charge in [0.1, 0.15) is 5.60 Å². The number of hydrogen-bond donors (Lipinski definition) is 2. The number of hydrogen-bond acceptors (Lipinski definition) is 4. The van der Waals surface area contributed by atoms with E-state index in [1.807, 2.05) is 32.9 Å². The average Bonchev–Trinajstić information content (AvgIpc) is 2.67. The first kappa shape index (κ1) is 16.3. The first-order chi connectivity index (χ1) is 8.87. The van der Waals surface area contributed by atoms with E-state index in [2.05, 4.69) is 10.6 Å². The van der Waals surface area contributed by atoms with Crippen molar-refractivity contribution in [3.8, 4) is 0 Å². The summed E-state index contributed by atoms with van der Waals surface area (Å²) in [5.74, 6) is 0. The predicted molar refractivity (Wildman–Crippen MR) is 79.9 cm³/mol. The van der Waals surface area contributed by atoms with Crippen molar-refractivity contribution in [2.75, 3.05) is 13.1 Å². The zero-order valence-corrected chi connectivity index (χ0v) is 13.2. The molecule has 1 aromatic rings. The smallest absolute Gasteiger partial charge is 0.407 e. The summed E-state index contributed by atoms with van der Waals surface area (Å²) in [5, 5.41) is 6.02. The van der Waals surface area contributed by atoms with Crippen LogP contribution in [-0.2, 0) is 11.3 Å². The Hall–Kier alpha value is -0.780. The van der Waals surface area contributed by atoms with Gasteiger partial charge in [0.25, 0.3) is 0 Å². The number of rotatable bonds is 6. The molecule has 0 aliphatic heterocycles. The third-order valence-corrected chi connectivity index (χ3v) is 3.36. The molecule has 0 saturated carbocycles. The summed E-state index contributed by atoms with van der Waals surface area (Å²) in [6, 6.07) is 3.91. The molecule has 0 radical (unpaired) electrons. The SMILES string of the molecule is CC(C)(C)OC(=O)NCCCNCc1ccc(Cl)s1. The second-order valence-electron chi connectivity index (χ2n) is 5.16. The molecule has 108 valence electrons. The van der Waals surface area contributed by atoms with Crippen molar-refractivity contribution in [2.45, 2.75) is 39.3 Å². The molecular weight excluding hydrogens is 284 g/mol. The lowest BCUT2D eigenvalue weighted by Gasteiger charge is -2.19. The Morgan fingerprint density at radius 2 is 2.11 bits per heavy atom. The van der Waals surface area contributed by atoms with Crippen LogP contribution in [0.15, 0.2) is 12.1 Å². The normalized spacial score (nSPS) is 11.4. The van der Waals surface area contributed by atoms with Crippen molar-refractivity contribution in [3.63, 3.8) is 0 Å². The maximum absolute atomic E-state index is 11.3. The van der Waals surface area contributed by atoms with E-state index in [1.165, 1.54) is 4.88 Å². The maximum atomic E-state index is 11.3. The zero-order valence-electron chi connectivity index (χ0n) is 11.6. The van der Waals surface area contributed by atoms with Crippen LogP contribution in [0.1, 0.15) is 32.1 Å². The van der Waals surface area contributed by atoms with Crippen molar-refractivity contribution >= 4 is 29.0 Å². The van der Waals surface area contributed by atoms with Crippen LogP contribution >= 0.6 is 22.9 Å². The molecule has 0 saturated heterocycles. The number of alkyl carbamates (subject to hydrolysis) is 1. The van der Waals surface area contributed by atoms with E-state index in [1.54, 1.807) is 11.3 Å². The molecule has 0 aliphatic carbocycles. The Morgan fingerprint density at radius 1 is 1.37 bits per heavy atom. The monoisotopic (exact) mass is 304 g/mol. The molecule has 6 heteroatoms. The molecule has 1 amide bonds. The third-order valence-electron chi connectivity index (χ3n) is 2.13. The van der Waals surface area contributed by atoms with Crippen LogP contribution in [0.25, 0.3) is 0 Å². The van der Waals surface area contributed by atoms with Crippen LogP contribution < -0.4 is 10.6 Å². The topological polar surface area (TPSA) is 50.4 Å². The van der Waals surface area contributed by atoms with Gasteiger partial charge in [0.05, 0.1) is 4.34 Å². The van der Waals surface area contributed by atoms with E-state index < -0.39 is 5.60 Å². The first-order valence-corrected chi connectivity index (χ1v) is 7.48. The van der Waals surface area contributed by atoms with Crippen molar-refractivity contribution in [1.29, 1.82) is 0 Å². The Kier molecular flexibility index (Phi) is 6.62. The summed E-state index contributed by atoms with van der Waals surface area (Å²) in [5.41, 5.74) is -0.444. The first-order valence-electron chi connectivity index (χ1n) is 6.28. The highest BCUT2D eigenvalue weighted by Gasteiger charge is 2.15. The van der Waals surface area contributed by atoms with Gasteiger partial charge in [-0.2, -0.15) is 0 Å². The van der Waals surface area contributed by atoms with E-state index in [4.69, 9.17) is 16.3 Å². The quantitative estimate of drug-likeness (QED) is 0.792. The van der Waals surface area contributed by atoms with Gasteiger partial charge in [0, 0.05) is 18.0 Å². The fourth-order valence-corrected chi connectivity index (χ4v) is 2.43. The highest BCUT2D eigenvalue weighted by molar-refractivity contribution is 7.16. The van der Waals surface area contributed by atoms with Gasteiger partial charge in [-0.15, -0.1) is 11.3 Å².